The third kappa shape index (κ3) is 5.62. The van der Waals surface area contributed by atoms with Gasteiger partial charge in [0, 0.05) is 24.1 Å². The second-order valence-corrected chi connectivity index (χ2v) is 8.61. The van der Waals surface area contributed by atoms with Crippen LogP contribution in [0.2, 0.25) is 5.28 Å². The predicted octanol–water partition coefficient (Wildman–Crippen LogP) is 5.84. The minimum Gasteiger partial charge on any atom is -0.492 e. The van der Waals surface area contributed by atoms with Crippen molar-refractivity contribution in [1.29, 1.82) is 0 Å². The summed E-state index contributed by atoms with van der Waals surface area (Å²) in [6, 6.07) is 3.63. The van der Waals surface area contributed by atoms with Crippen molar-refractivity contribution in [3.63, 3.8) is 0 Å². The van der Waals surface area contributed by atoms with Crippen LogP contribution in [0.5, 0.6) is 0 Å². The number of ether oxygens (including phenoxy) is 1. The fourth-order valence-corrected chi connectivity index (χ4v) is 4.45. The van der Waals surface area contributed by atoms with Gasteiger partial charge in [-0.1, -0.05) is 18.7 Å². The number of halogens is 3. The SMILES string of the molecule is C=C/C=C(\C(=C/C)OCCCNc1nc(Cl)nc2c1CCC2c1ccc(F)cc1F)n1cnc(C)n1. The highest BCUT2D eigenvalue weighted by Gasteiger charge is 2.31. The van der Waals surface area contributed by atoms with Gasteiger partial charge in [0.05, 0.1) is 12.3 Å². The van der Waals surface area contributed by atoms with E-state index in [1.165, 1.54) is 12.1 Å². The first kappa shape index (κ1) is 25.5. The summed E-state index contributed by atoms with van der Waals surface area (Å²) in [6.45, 7) is 8.50. The van der Waals surface area contributed by atoms with Crippen molar-refractivity contribution in [2.24, 2.45) is 0 Å². The third-order valence-electron chi connectivity index (χ3n) is 5.88. The smallest absolute Gasteiger partial charge is 0.224 e. The lowest BCUT2D eigenvalue weighted by molar-refractivity contribution is 0.223. The van der Waals surface area contributed by atoms with Crippen LogP contribution in [0.4, 0.5) is 14.6 Å². The Morgan fingerprint density at radius 1 is 1.33 bits per heavy atom. The van der Waals surface area contributed by atoms with Crippen molar-refractivity contribution in [3.05, 3.63) is 94.7 Å². The average Bonchev–Trinajstić information content (AvgIpc) is 3.46. The van der Waals surface area contributed by atoms with Crippen molar-refractivity contribution < 1.29 is 13.5 Å². The van der Waals surface area contributed by atoms with Gasteiger partial charge in [-0.2, -0.15) is 5.10 Å². The van der Waals surface area contributed by atoms with Gasteiger partial charge in [-0.15, -0.1) is 0 Å². The van der Waals surface area contributed by atoms with E-state index in [1.54, 1.807) is 17.1 Å². The van der Waals surface area contributed by atoms with Crippen molar-refractivity contribution in [3.8, 4) is 0 Å². The molecule has 1 atom stereocenters. The highest BCUT2D eigenvalue weighted by atomic mass is 35.5. The van der Waals surface area contributed by atoms with Crippen molar-refractivity contribution in [2.45, 2.75) is 39.0 Å². The van der Waals surface area contributed by atoms with Gasteiger partial charge in [0.2, 0.25) is 5.28 Å². The molecule has 188 valence electrons. The Balaban J connectivity index is 1.39. The Kier molecular flexibility index (Phi) is 8.10. The first-order valence-corrected chi connectivity index (χ1v) is 12.0. The molecule has 10 heteroatoms. The van der Waals surface area contributed by atoms with Gasteiger partial charge in [0.25, 0.3) is 0 Å². The number of allylic oxidation sites excluding steroid dienone is 4. The molecular formula is C26H27ClF2N6O. The highest BCUT2D eigenvalue weighted by molar-refractivity contribution is 6.28. The fourth-order valence-electron chi connectivity index (χ4n) is 4.28. The van der Waals surface area contributed by atoms with E-state index < -0.39 is 11.6 Å². The van der Waals surface area contributed by atoms with Crippen molar-refractivity contribution in [2.75, 3.05) is 18.5 Å². The maximum Gasteiger partial charge on any atom is 0.224 e. The molecule has 1 aromatic carbocycles. The lowest BCUT2D eigenvalue weighted by Crippen LogP contribution is -2.11. The topological polar surface area (TPSA) is 77.8 Å². The Hall–Kier alpha value is -3.59. The van der Waals surface area contributed by atoms with Crippen LogP contribution < -0.4 is 5.32 Å². The van der Waals surface area contributed by atoms with E-state index in [1.807, 2.05) is 26.0 Å². The number of aryl methyl sites for hydroxylation is 1. The third-order valence-corrected chi connectivity index (χ3v) is 6.05. The maximum absolute atomic E-state index is 14.4. The average molecular weight is 513 g/mol. The number of rotatable bonds is 10. The summed E-state index contributed by atoms with van der Waals surface area (Å²) < 4.78 is 35.5. The second-order valence-electron chi connectivity index (χ2n) is 8.27. The summed E-state index contributed by atoms with van der Waals surface area (Å²) in [5, 5.41) is 7.75. The van der Waals surface area contributed by atoms with Gasteiger partial charge in [0.15, 0.2) is 0 Å². The molecule has 2 aromatic heterocycles. The van der Waals surface area contributed by atoms with Crippen LogP contribution in [-0.4, -0.2) is 37.9 Å². The standard InChI is InChI=1S/C26H27ClF2N6O/c1-4-7-22(35-15-31-16(3)34-35)23(5-2)36-13-6-12-30-25-20-11-10-19(24(20)32-26(27)33-25)18-9-8-17(28)14-21(18)29/h4-5,7-9,14-15,19H,1,6,10-13H2,2-3H3,(H,30,32,33)/b22-7+,23-5+. The van der Waals surface area contributed by atoms with E-state index in [0.29, 0.717) is 61.1 Å². The van der Waals surface area contributed by atoms with E-state index in [0.717, 1.165) is 17.3 Å². The van der Waals surface area contributed by atoms with E-state index in [2.05, 4.69) is 31.9 Å². The van der Waals surface area contributed by atoms with Gasteiger partial charge in [-0.05, 0) is 68.5 Å². The van der Waals surface area contributed by atoms with Crippen LogP contribution >= 0.6 is 11.6 Å². The largest absolute Gasteiger partial charge is 0.492 e. The van der Waals surface area contributed by atoms with Crippen molar-refractivity contribution in [1.82, 2.24) is 24.7 Å². The second kappa shape index (κ2) is 11.4. The zero-order valence-corrected chi connectivity index (χ0v) is 20.9. The number of hydrogen-bond donors (Lipinski definition) is 1. The Labute approximate surface area is 213 Å². The van der Waals surface area contributed by atoms with E-state index >= 15 is 0 Å². The zero-order valence-electron chi connectivity index (χ0n) is 20.1. The molecule has 0 spiro atoms. The van der Waals surface area contributed by atoms with Crippen LogP contribution in [0.1, 0.15) is 48.3 Å². The highest BCUT2D eigenvalue weighted by Crippen LogP contribution is 2.41. The molecule has 0 fully saturated rings. The van der Waals surface area contributed by atoms with Gasteiger partial charge in [-0.25, -0.2) is 28.4 Å². The van der Waals surface area contributed by atoms with E-state index in [9.17, 15) is 8.78 Å². The normalized spacial score (nSPS) is 15.6. The number of nitrogens with one attached hydrogen (secondary N) is 1. The van der Waals surface area contributed by atoms with Gasteiger partial charge in [0.1, 0.15) is 41.1 Å². The molecule has 0 saturated carbocycles. The van der Waals surface area contributed by atoms with E-state index in [4.69, 9.17) is 16.3 Å². The molecule has 36 heavy (non-hydrogen) atoms. The molecule has 0 bridgehead atoms. The molecule has 1 aliphatic carbocycles. The summed E-state index contributed by atoms with van der Waals surface area (Å²) in [5.74, 6) is 0.466. The van der Waals surface area contributed by atoms with Crippen LogP contribution in [-0.2, 0) is 11.2 Å². The summed E-state index contributed by atoms with van der Waals surface area (Å²) in [6.07, 6.45) is 8.98. The molecule has 0 aliphatic heterocycles. The minimum atomic E-state index is -0.607. The Bertz CT molecular complexity index is 1320. The van der Waals surface area contributed by atoms with Crippen molar-refractivity contribution >= 4 is 23.1 Å². The number of anilines is 1. The number of hydrogen-bond acceptors (Lipinski definition) is 6. The van der Waals surface area contributed by atoms with Crippen LogP contribution in [0.3, 0.4) is 0 Å². The molecule has 0 saturated heterocycles. The lowest BCUT2D eigenvalue weighted by Gasteiger charge is -2.15. The first-order valence-electron chi connectivity index (χ1n) is 11.7. The molecule has 3 aromatic rings. The lowest BCUT2D eigenvalue weighted by atomic mass is 9.96. The Morgan fingerprint density at radius 2 is 2.17 bits per heavy atom. The fraction of sp³-hybridized carbons (Fsp3) is 0.308. The quantitative estimate of drug-likeness (QED) is 0.159. The summed E-state index contributed by atoms with van der Waals surface area (Å²) in [4.78, 5) is 12.9. The maximum atomic E-state index is 14.4. The van der Waals surface area contributed by atoms with Crippen LogP contribution in [0.15, 0.2) is 55.1 Å². The number of fused-ring (bicyclic) bond motifs is 1. The van der Waals surface area contributed by atoms with E-state index in [-0.39, 0.29) is 11.2 Å². The molecular weight excluding hydrogens is 486 g/mol. The monoisotopic (exact) mass is 512 g/mol. The van der Waals surface area contributed by atoms with Crippen LogP contribution in [0.25, 0.3) is 5.70 Å². The molecule has 4 rings (SSSR count). The first-order chi connectivity index (χ1) is 17.4. The molecule has 0 amide bonds. The molecule has 2 heterocycles. The number of nitrogens with zero attached hydrogens (tertiary/aromatic N) is 5. The number of aromatic nitrogens is 5. The van der Waals surface area contributed by atoms with Gasteiger partial charge < -0.3 is 10.1 Å². The minimum absolute atomic E-state index is 0.0838. The van der Waals surface area contributed by atoms with Gasteiger partial charge >= 0.3 is 0 Å². The van der Waals surface area contributed by atoms with Gasteiger partial charge in [-0.3, -0.25) is 0 Å². The number of benzene rings is 1. The predicted molar refractivity (Wildman–Crippen MR) is 136 cm³/mol. The summed E-state index contributed by atoms with van der Waals surface area (Å²) >= 11 is 6.20. The molecule has 1 aliphatic rings. The molecule has 1 N–H and O–H groups in total. The summed E-state index contributed by atoms with van der Waals surface area (Å²) in [7, 11) is 0. The Morgan fingerprint density at radius 3 is 2.86 bits per heavy atom. The molecule has 1 unspecified atom stereocenters. The molecule has 0 radical (unpaired) electrons. The summed E-state index contributed by atoms with van der Waals surface area (Å²) in [5.41, 5.74) is 2.73. The zero-order chi connectivity index (χ0) is 25.7. The van der Waals surface area contributed by atoms with Crippen LogP contribution in [0, 0.1) is 18.6 Å². The molecule has 7 nitrogen and oxygen atoms in total.